The van der Waals surface area contributed by atoms with E-state index >= 15 is 0 Å². The molecule has 0 radical (unpaired) electrons. The molecule has 5 rings (SSSR count). The lowest BCUT2D eigenvalue weighted by molar-refractivity contribution is 0.357. The van der Waals surface area contributed by atoms with E-state index < -0.39 is 0 Å². The van der Waals surface area contributed by atoms with Crippen molar-refractivity contribution >= 4 is 11.4 Å². The predicted octanol–water partition coefficient (Wildman–Crippen LogP) is 7.95. The Kier molecular flexibility index (Phi) is 7.37. The molecule has 0 bridgehead atoms. The first-order valence-electron chi connectivity index (χ1n) is 14.2. The highest BCUT2D eigenvalue weighted by Gasteiger charge is 2.37. The Labute approximate surface area is 218 Å². The van der Waals surface area contributed by atoms with Gasteiger partial charge in [0, 0.05) is 17.8 Å². The van der Waals surface area contributed by atoms with Crippen LogP contribution in [0.3, 0.4) is 0 Å². The minimum absolute atomic E-state index is 0.312. The summed E-state index contributed by atoms with van der Waals surface area (Å²) in [7, 11) is 0. The summed E-state index contributed by atoms with van der Waals surface area (Å²) >= 11 is 0. The summed E-state index contributed by atoms with van der Waals surface area (Å²) in [5, 5.41) is 3.96. The number of nitrogens with zero attached hydrogens (tertiary/aromatic N) is 2. The van der Waals surface area contributed by atoms with Gasteiger partial charge in [-0.2, -0.15) is 0 Å². The van der Waals surface area contributed by atoms with E-state index in [1.807, 2.05) is 0 Å². The third-order valence-electron chi connectivity index (χ3n) is 8.14. The molecule has 0 fully saturated rings. The summed E-state index contributed by atoms with van der Waals surface area (Å²) in [6, 6.07) is 9.24. The van der Waals surface area contributed by atoms with E-state index in [1.165, 1.54) is 58.0 Å². The zero-order chi connectivity index (χ0) is 25.2. The normalized spacial score (nSPS) is 21.6. The summed E-state index contributed by atoms with van der Waals surface area (Å²) in [4.78, 5) is 8.06. The average molecular weight is 482 g/mol. The van der Waals surface area contributed by atoms with Crippen LogP contribution in [0, 0.1) is 11.8 Å². The number of amidine groups is 1. The Hall–Kier alpha value is -2.81. The molecule has 3 nitrogen and oxygen atoms in total. The van der Waals surface area contributed by atoms with Gasteiger partial charge in [0.1, 0.15) is 5.84 Å². The third kappa shape index (κ3) is 4.65. The van der Waals surface area contributed by atoms with Gasteiger partial charge < -0.3 is 10.2 Å². The molecule has 190 valence electrons. The van der Waals surface area contributed by atoms with Crippen molar-refractivity contribution in [1.29, 1.82) is 0 Å². The zero-order valence-corrected chi connectivity index (χ0v) is 22.9. The monoisotopic (exact) mass is 481 g/mol. The number of hydrogen-bond acceptors (Lipinski definition) is 3. The Balaban J connectivity index is 1.58. The van der Waals surface area contributed by atoms with Crippen LogP contribution >= 0.6 is 0 Å². The molecule has 0 amide bonds. The fourth-order valence-electron chi connectivity index (χ4n) is 6.22. The molecule has 0 spiro atoms. The number of aliphatic imine (C=N–C) groups is 1. The first-order chi connectivity index (χ1) is 17.5. The molecule has 1 aromatic rings. The Morgan fingerprint density at radius 3 is 2.61 bits per heavy atom. The van der Waals surface area contributed by atoms with Crippen LogP contribution in [0.1, 0.15) is 84.3 Å². The minimum atomic E-state index is 0.312. The molecule has 36 heavy (non-hydrogen) atoms. The molecule has 0 aromatic heterocycles. The molecule has 1 heterocycles. The van der Waals surface area contributed by atoms with Gasteiger partial charge in [0.25, 0.3) is 0 Å². The molecule has 1 unspecified atom stereocenters. The van der Waals surface area contributed by atoms with Crippen LogP contribution in [0.2, 0.25) is 0 Å². The molecular weight excluding hydrogens is 438 g/mol. The van der Waals surface area contributed by atoms with Gasteiger partial charge >= 0.3 is 0 Å². The quantitative estimate of drug-likeness (QED) is 0.408. The number of unbranched alkanes of at least 4 members (excludes halogenated alkanes) is 1. The highest BCUT2D eigenvalue weighted by Crippen LogP contribution is 2.39. The van der Waals surface area contributed by atoms with Gasteiger partial charge in [0.2, 0.25) is 0 Å². The number of nitrogens with one attached hydrogen (secondary N) is 1. The van der Waals surface area contributed by atoms with Crippen LogP contribution in [0.15, 0.2) is 81.8 Å². The maximum Gasteiger partial charge on any atom is 0.137 e. The van der Waals surface area contributed by atoms with Gasteiger partial charge in [-0.15, -0.1) is 0 Å². The van der Waals surface area contributed by atoms with Gasteiger partial charge in [-0.3, -0.25) is 0 Å². The maximum absolute atomic E-state index is 5.45. The van der Waals surface area contributed by atoms with Gasteiger partial charge in [-0.25, -0.2) is 4.99 Å². The van der Waals surface area contributed by atoms with Gasteiger partial charge in [-0.05, 0) is 78.7 Å². The van der Waals surface area contributed by atoms with Crippen molar-refractivity contribution in [3.05, 3.63) is 87.9 Å². The van der Waals surface area contributed by atoms with Crippen molar-refractivity contribution in [2.24, 2.45) is 16.8 Å². The topological polar surface area (TPSA) is 27.6 Å². The molecular formula is C33H43N3. The second-order valence-corrected chi connectivity index (χ2v) is 11.3. The average Bonchev–Trinajstić information content (AvgIpc) is 3.26. The van der Waals surface area contributed by atoms with E-state index in [4.69, 9.17) is 4.99 Å². The fourth-order valence-corrected chi connectivity index (χ4v) is 6.22. The van der Waals surface area contributed by atoms with Gasteiger partial charge in [-0.1, -0.05) is 83.5 Å². The number of fused-ring (bicyclic) bond motifs is 2. The predicted molar refractivity (Wildman–Crippen MR) is 154 cm³/mol. The van der Waals surface area contributed by atoms with Crippen molar-refractivity contribution in [3.63, 3.8) is 0 Å². The van der Waals surface area contributed by atoms with E-state index in [1.54, 1.807) is 5.57 Å². The van der Waals surface area contributed by atoms with Gasteiger partial charge in [0.05, 0.1) is 17.4 Å². The molecule has 1 N–H and O–H groups in total. The molecule has 1 atom stereocenters. The molecule has 1 aliphatic heterocycles. The van der Waals surface area contributed by atoms with Crippen LogP contribution in [0.25, 0.3) is 5.57 Å². The van der Waals surface area contributed by atoms with E-state index in [2.05, 4.69) is 93.4 Å². The first kappa shape index (κ1) is 24.9. The number of hydrogen-bond donors (Lipinski definition) is 1. The fraction of sp³-hybridized carbons (Fsp3) is 0.485. The Morgan fingerprint density at radius 2 is 1.83 bits per heavy atom. The second-order valence-electron chi connectivity index (χ2n) is 11.3. The first-order valence-corrected chi connectivity index (χ1v) is 14.2. The highest BCUT2D eigenvalue weighted by molar-refractivity contribution is 6.24. The highest BCUT2D eigenvalue weighted by atomic mass is 15.3. The standard InChI is InChI=1S/C33H43N3/c1-6-7-21-36-30-20-12-19-29(34-31-25(22(2)3)16-11-17-26(31)23(4)5)32(30)35-33(36)28-18-10-14-24-13-8-9-15-27(24)28/h8-9,12-13,15-16,18-19,22-23,30,34H,6-7,10-11,14,17,20-21H2,1-5H3. The van der Waals surface area contributed by atoms with E-state index in [-0.39, 0.29) is 0 Å². The van der Waals surface area contributed by atoms with Crippen molar-refractivity contribution in [2.75, 3.05) is 6.54 Å². The molecule has 3 heteroatoms. The van der Waals surface area contributed by atoms with Crippen molar-refractivity contribution in [3.8, 4) is 0 Å². The molecule has 0 saturated carbocycles. The smallest absolute Gasteiger partial charge is 0.137 e. The summed E-state index contributed by atoms with van der Waals surface area (Å²) in [5.41, 5.74) is 10.9. The largest absolute Gasteiger partial charge is 0.354 e. The van der Waals surface area contributed by atoms with Crippen molar-refractivity contribution in [2.45, 2.75) is 85.6 Å². The lowest BCUT2D eigenvalue weighted by Crippen LogP contribution is -2.39. The number of rotatable bonds is 8. The molecule has 3 aliphatic carbocycles. The van der Waals surface area contributed by atoms with E-state index in [0.29, 0.717) is 17.9 Å². The second kappa shape index (κ2) is 10.7. The summed E-state index contributed by atoms with van der Waals surface area (Å²) in [5.74, 6) is 2.22. The van der Waals surface area contributed by atoms with E-state index in [0.717, 1.165) is 38.6 Å². The van der Waals surface area contributed by atoms with E-state index in [9.17, 15) is 0 Å². The number of benzene rings is 1. The summed E-state index contributed by atoms with van der Waals surface area (Å²) < 4.78 is 0. The summed E-state index contributed by atoms with van der Waals surface area (Å²) in [6.45, 7) is 12.7. The minimum Gasteiger partial charge on any atom is -0.354 e. The Bertz CT molecular complexity index is 1190. The van der Waals surface area contributed by atoms with Crippen LogP contribution < -0.4 is 5.32 Å². The lowest BCUT2D eigenvalue weighted by atomic mass is 9.84. The Morgan fingerprint density at radius 1 is 1.03 bits per heavy atom. The summed E-state index contributed by atoms with van der Waals surface area (Å²) in [6.07, 6.45) is 17.4. The zero-order valence-electron chi connectivity index (χ0n) is 22.9. The number of allylic oxidation sites excluding steroid dienone is 5. The van der Waals surface area contributed by atoms with Crippen LogP contribution in [-0.2, 0) is 6.42 Å². The molecule has 0 saturated heterocycles. The van der Waals surface area contributed by atoms with Crippen LogP contribution in [0.4, 0.5) is 0 Å². The molecule has 4 aliphatic rings. The lowest BCUT2D eigenvalue weighted by Gasteiger charge is -2.32. The maximum atomic E-state index is 5.45. The van der Waals surface area contributed by atoms with Crippen molar-refractivity contribution < 1.29 is 0 Å². The third-order valence-corrected chi connectivity index (χ3v) is 8.14. The molecule has 1 aromatic carbocycles. The van der Waals surface area contributed by atoms with Gasteiger partial charge in [0.15, 0.2) is 0 Å². The van der Waals surface area contributed by atoms with Crippen LogP contribution in [-0.4, -0.2) is 23.3 Å². The van der Waals surface area contributed by atoms with Crippen molar-refractivity contribution in [1.82, 2.24) is 10.2 Å². The number of aryl methyl sites for hydroxylation is 1. The van der Waals surface area contributed by atoms with Crippen LogP contribution in [0.5, 0.6) is 0 Å². The SMILES string of the molecule is CCCCN1C(C2=CCCc3ccccc32)=NC2=C(NC3=C(C(C)C)CCC=C3C(C)C)C=CCC21.